The molecule has 0 fully saturated rings. The summed E-state index contributed by atoms with van der Waals surface area (Å²) < 4.78 is 13.3. The maximum atomic E-state index is 13.3. The summed E-state index contributed by atoms with van der Waals surface area (Å²) in [7, 11) is 1.53. The van der Waals surface area contributed by atoms with E-state index in [1.54, 1.807) is 19.9 Å². The van der Waals surface area contributed by atoms with Gasteiger partial charge in [0.25, 0.3) is 5.91 Å². The first-order valence-corrected chi connectivity index (χ1v) is 5.63. The highest BCUT2D eigenvalue weighted by atomic mass is 19.1. The van der Waals surface area contributed by atoms with E-state index >= 15 is 0 Å². The van der Waals surface area contributed by atoms with Crippen LogP contribution in [0, 0.1) is 11.2 Å². The van der Waals surface area contributed by atoms with E-state index in [0.717, 1.165) is 0 Å². The highest BCUT2D eigenvalue weighted by Gasteiger charge is 2.27. The van der Waals surface area contributed by atoms with E-state index in [2.05, 4.69) is 10.6 Å². The van der Waals surface area contributed by atoms with Crippen LogP contribution in [0.1, 0.15) is 24.2 Å². The van der Waals surface area contributed by atoms with Crippen molar-refractivity contribution in [2.45, 2.75) is 13.8 Å². The number of benzene rings is 1. The number of carbonyl (C=O) groups excluding carboxylic acids is 2. The summed E-state index contributed by atoms with van der Waals surface area (Å²) in [5.41, 5.74) is -0.763. The number of hydrogen-bond donors (Lipinski definition) is 2. The third-order valence-electron chi connectivity index (χ3n) is 2.65. The highest BCUT2D eigenvalue weighted by molar-refractivity contribution is 5.95. The van der Waals surface area contributed by atoms with Gasteiger partial charge < -0.3 is 10.6 Å². The van der Waals surface area contributed by atoms with Crippen molar-refractivity contribution < 1.29 is 14.0 Å². The first-order valence-electron chi connectivity index (χ1n) is 5.63. The average molecular weight is 252 g/mol. The van der Waals surface area contributed by atoms with E-state index in [1.165, 1.54) is 25.2 Å². The molecule has 0 spiro atoms. The van der Waals surface area contributed by atoms with Gasteiger partial charge in [-0.3, -0.25) is 9.59 Å². The van der Waals surface area contributed by atoms with Crippen LogP contribution in [0.5, 0.6) is 0 Å². The van der Waals surface area contributed by atoms with Crippen LogP contribution >= 0.6 is 0 Å². The van der Waals surface area contributed by atoms with Crippen LogP contribution in [0.25, 0.3) is 0 Å². The van der Waals surface area contributed by atoms with Crippen molar-refractivity contribution in [1.82, 2.24) is 10.6 Å². The van der Waals surface area contributed by atoms with E-state index in [0.29, 0.717) is 0 Å². The van der Waals surface area contributed by atoms with Gasteiger partial charge in [-0.2, -0.15) is 0 Å². The first-order chi connectivity index (χ1) is 8.38. The molecule has 1 aromatic rings. The fourth-order valence-electron chi connectivity index (χ4n) is 1.46. The molecule has 0 aliphatic heterocycles. The summed E-state index contributed by atoms with van der Waals surface area (Å²) in [6.07, 6.45) is 0. The van der Waals surface area contributed by atoms with Crippen LogP contribution in [0.15, 0.2) is 24.3 Å². The zero-order valence-corrected chi connectivity index (χ0v) is 10.7. The second-order valence-electron chi connectivity index (χ2n) is 4.63. The molecule has 0 bridgehead atoms. The largest absolute Gasteiger partial charge is 0.359 e. The van der Waals surface area contributed by atoms with Gasteiger partial charge in [0.1, 0.15) is 5.82 Å². The Labute approximate surface area is 106 Å². The lowest BCUT2D eigenvalue weighted by molar-refractivity contribution is -0.128. The van der Waals surface area contributed by atoms with E-state index in [-0.39, 0.29) is 18.0 Å². The van der Waals surface area contributed by atoms with Gasteiger partial charge in [-0.25, -0.2) is 4.39 Å². The van der Waals surface area contributed by atoms with Gasteiger partial charge in [0, 0.05) is 13.6 Å². The molecule has 0 radical (unpaired) electrons. The predicted octanol–water partition coefficient (Wildman–Crippen LogP) is 1.33. The predicted molar refractivity (Wildman–Crippen MR) is 66.6 cm³/mol. The molecule has 98 valence electrons. The van der Waals surface area contributed by atoms with Crippen LogP contribution in [-0.4, -0.2) is 25.4 Å². The van der Waals surface area contributed by atoms with Crippen molar-refractivity contribution in [1.29, 1.82) is 0 Å². The minimum atomic E-state index is -0.740. The molecule has 1 rings (SSSR count). The van der Waals surface area contributed by atoms with Gasteiger partial charge in [-0.15, -0.1) is 0 Å². The van der Waals surface area contributed by atoms with Crippen LogP contribution in [-0.2, 0) is 4.79 Å². The minimum Gasteiger partial charge on any atom is -0.359 e. The Morgan fingerprint density at radius 3 is 2.44 bits per heavy atom. The van der Waals surface area contributed by atoms with Crippen LogP contribution in [0.3, 0.4) is 0 Å². The molecule has 2 N–H and O–H groups in total. The third-order valence-corrected chi connectivity index (χ3v) is 2.65. The van der Waals surface area contributed by atoms with E-state index in [4.69, 9.17) is 0 Å². The van der Waals surface area contributed by atoms with E-state index in [1.807, 2.05) is 0 Å². The molecule has 2 amide bonds. The van der Waals surface area contributed by atoms with Gasteiger partial charge in [0.15, 0.2) is 0 Å². The third kappa shape index (κ3) is 3.29. The smallest absolute Gasteiger partial charge is 0.254 e. The lowest BCUT2D eigenvalue weighted by Crippen LogP contribution is -2.43. The summed E-state index contributed by atoms with van der Waals surface area (Å²) in [6, 6.07) is 5.72. The highest BCUT2D eigenvalue weighted by Crippen LogP contribution is 2.14. The van der Waals surface area contributed by atoms with Gasteiger partial charge in [0.05, 0.1) is 11.0 Å². The Morgan fingerprint density at radius 2 is 1.89 bits per heavy atom. The summed E-state index contributed by atoms with van der Waals surface area (Å²) in [6.45, 7) is 3.54. The molecule has 4 nitrogen and oxygen atoms in total. The molecule has 18 heavy (non-hydrogen) atoms. The number of amides is 2. The van der Waals surface area contributed by atoms with Gasteiger partial charge in [-0.05, 0) is 26.0 Å². The first kappa shape index (κ1) is 14.2. The summed E-state index contributed by atoms with van der Waals surface area (Å²) in [5.74, 6) is -1.28. The van der Waals surface area contributed by atoms with Crippen LogP contribution in [0.4, 0.5) is 4.39 Å². The number of hydrogen-bond acceptors (Lipinski definition) is 2. The molecule has 1 aromatic carbocycles. The van der Waals surface area contributed by atoms with E-state index < -0.39 is 17.1 Å². The molecule has 0 atom stereocenters. The summed E-state index contributed by atoms with van der Waals surface area (Å²) in [5, 5.41) is 5.07. The maximum Gasteiger partial charge on any atom is 0.254 e. The summed E-state index contributed by atoms with van der Waals surface area (Å²) >= 11 is 0. The fourth-order valence-corrected chi connectivity index (χ4v) is 1.46. The molecular formula is C13H17FN2O2. The van der Waals surface area contributed by atoms with Crippen molar-refractivity contribution in [3.8, 4) is 0 Å². The van der Waals surface area contributed by atoms with Crippen molar-refractivity contribution in [3.63, 3.8) is 0 Å². The normalized spacial score (nSPS) is 10.9. The second-order valence-corrected chi connectivity index (χ2v) is 4.63. The molecule has 0 aliphatic carbocycles. The molecule has 0 aromatic heterocycles. The van der Waals surface area contributed by atoms with Crippen molar-refractivity contribution in [2.75, 3.05) is 13.6 Å². The van der Waals surface area contributed by atoms with Crippen molar-refractivity contribution in [2.24, 2.45) is 5.41 Å². The molecule has 0 unspecified atom stereocenters. The van der Waals surface area contributed by atoms with E-state index in [9.17, 15) is 14.0 Å². The van der Waals surface area contributed by atoms with Crippen molar-refractivity contribution >= 4 is 11.8 Å². The molecule has 0 aliphatic rings. The maximum absolute atomic E-state index is 13.3. The van der Waals surface area contributed by atoms with Gasteiger partial charge in [0.2, 0.25) is 5.91 Å². The Bertz CT molecular complexity index is 458. The Balaban J connectivity index is 2.68. The Kier molecular flexibility index (Phi) is 4.42. The number of halogens is 1. The molecular weight excluding hydrogens is 235 g/mol. The fraction of sp³-hybridized carbons (Fsp3) is 0.385. The van der Waals surface area contributed by atoms with Gasteiger partial charge >= 0.3 is 0 Å². The minimum absolute atomic E-state index is 0.0230. The number of nitrogens with one attached hydrogen (secondary N) is 2. The molecule has 0 heterocycles. The lowest BCUT2D eigenvalue weighted by Gasteiger charge is -2.22. The van der Waals surface area contributed by atoms with Crippen molar-refractivity contribution in [3.05, 3.63) is 35.6 Å². The van der Waals surface area contributed by atoms with Gasteiger partial charge in [-0.1, -0.05) is 12.1 Å². The second kappa shape index (κ2) is 5.62. The van der Waals surface area contributed by atoms with Crippen LogP contribution in [0.2, 0.25) is 0 Å². The number of rotatable bonds is 4. The monoisotopic (exact) mass is 252 g/mol. The quantitative estimate of drug-likeness (QED) is 0.849. The SMILES string of the molecule is CNC(=O)C(C)(C)CNC(=O)c1ccccc1F. The topological polar surface area (TPSA) is 58.2 Å². The Hall–Kier alpha value is -1.91. The average Bonchev–Trinajstić information content (AvgIpc) is 2.35. The standard InChI is InChI=1S/C13H17FN2O2/c1-13(2,12(18)15-3)8-16-11(17)9-6-4-5-7-10(9)14/h4-7H,8H2,1-3H3,(H,15,18)(H,16,17). The lowest BCUT2D eigenvalue weighted by atomic mass is 9.92. The van der Waals surface area contributed by atoms with Crippen LogP contribution < -0.4 is 10.6 Å². The number of carbonyl (C=O) groups is 2. The molecule has 5 heteroatoms. The summed E-state index contributed by atoms with van der Waals surface area (Å²) in [4.78, 5) is 23.3. The Morgan fingerprint density at radius 1 is 1.28 bits per heavy atom. The zero-order chi connectivity index (χ0) is 13.8. The zero-order valence-electron chi connectivity index (χ0n) is 10.7. The molecule has 0 saturated carbocycles. The molecule has 0 saturated heterocycles.